The lowest BCUT2D eigenvalue weighted by atomic mass is 10.1. The van der Waals surface area contributed by atoms with E-state index >= 15 is 0 Å². The molecule has 0 bridgehead atoms. The normalized spacial score (nSPS) is 8.82. The molecule has 0 nitrogen and oxygen atoms in total. The number of aryl methyl sites for hydroxylation is 2. The third-order valence-electron chi connectivity index (χ3n) is 2.15. The maximum absolute atomic E-state index is 2.22. The van der Waals surface area contributed by atoms with Crippen LogP contribution >= 0.6 is 0 Å². The summed E-state index contributed by atoms with van der Waals surface area (Å²) < 4.78 is 0. The SMILES string of the molecule is CC.CCC.Cc1ccc2cc(C)ccc2c1. The fraction of sp³-hybridized carbons (Fsp3) is 0.412. The number of benzene rings is 2. The monoisotopic (exact) mass is 230 g/mol. The summed E-state index contributed by atoms with van der Waals surface area (Å²) in [6.07, 6.45) is 1.25. The van der Waals surface area contributed by atoms with Crippen molar-refractivity contribution in [2.75, 3.05) is 0 Å². The first kappa shape index (κ1) is 15.7. The molecule has 0 N–H and O–H groups in total. The minimum atomic E-state index is 1.25. The third-order valence-corrected chi connectivity index (χ3v) is 2.15. The van der Waals surface area contributed by atoms with E-state index in [0.29, 0.717) is 0 Å². The summed E-state index contributed by atoms with van der Waals surface area (Å²) in [6.45, 7) is 12.5. The van der Waals surface area contributed by atoms with E-state index in [1.807, 2.05) is 13.8 Å². The standard InChI is InChI=1S/C12H12.C3H8.C2H6/c1-9-3-5-12-8-10(2)4-6-11(12)7-9;1-3-2;1-2/h3-8H,1-2H3;3H2,1-2H3;1-2H3. The molecule has 0 atom stereocenters. The zero-order valence-electron chi connectivity index (χ0n) is 12.2. The van der Waals surface area contributed by atoms with E-state index in [2.05, 4.69) is 64.1 Å². The van der Waals surface area contributed by atoms with E-state index in [1.54, 1.807) is 0 Å². The Morgan fingerprint density at radius 2 is 1.00 bits per heavy atom. The molecule has 2 aromatic carbocycles. The smallest absolute Gasteiger partial charge is 0.0181 e. The van der Waals surface area contributed by atoms with Crippen molar-refractivity contribution in [1.82, 2.24) is 0 Å². The van der Waals surface area contributed by atoms with Crippen molar-refractivity contribution in [1.29, 1.82) is 0 Å². The molecular weight excluding hydrogens is 204 g/mol. The van der Waals surface area contributed by atoms with Gasteiger partial charge in [0.1, 0.15) is 0 Å². The fourth-order valence-electron chi connectivity index (χ4n) is 1.48. The molecule has 0 radical (unpaired) electrons. The fourth-order valence-corrected chi connectivity index (χ4v) is 1.48. The van der Waals surface area contributed by atoms with Gasteiger partial charge in [-0.2, -0.15) is 0 Å². The van der Waals surface area contributed by atoms with Crippen LogP contribution in [0, 0.1) is 13.8 Å². The van der Waals surface area contributed by atoms with Gasteiger partial charge in [0, 0.05) is 0 Å². The van der Waals surface area contributed by atoms with Crippen LogP contribution in [0.1, 0.15) is 45.2 Å². The Bertz CT molecular complexity index is 386. The van der Waals surface area contributed by atoms with Crippen LogP contribution < -0.4 is 0 Å². The summed E-state index contributed by atoms with van der Waals surface area (Å²) in [4.78, 5) is 0. The summed E-state index contributed by atoms with van der Waals surface area (Å²) in [5, 5.41) is 2.67. The van der Waals surface area contributed by atoms with Crippen LogP contribution in [0.5, 0.6) is 0 Å². The van der Waals surface area contributed by atoms with Crippen LogP contribution in [0.25, 0.3) is 10.8 Å². The van der Waals surface area contributed by atoms with Gasteiger partial charge >= 0.3 is 0 Å². The summed E-state index contributed by atoms with van der Waals surface area (Å²) >= 11 is 0. The van der Waals surface area contributed by atoms with Gasteiger partial charge in [-0.15, -0.1) is 0 Å². The second-order valence-electron chi connectivity index (χ2n) is 4.06. The lowest BCUT2D eigenvalue weighted by molar-refractivity contribution is 1.09. The highest BCUT2D eigenvalue weighted by molar-refractivity contribution is 5.83. The van der Waals surface area contributed by atoms with Crippen LogP contribution in [-0.2, 0) is 0 Å². The zero-order chi connectivity index (χ0) is 13.3. The minimum absolute atomic E-state index is 1.25. The van der Waals surface area contributed by atoms with Crippen molar-refractivity contribution in [3.05, 3.63) is 47.5 Å². The van der Waals surface area contributed by atoms with Crippen LogP contribution in [-0.4, -0.2) is 0 Å². The van der Waals surface area contributed by atoms with E-state index < -0.39 is 0 Å². The first-order valence-electron chi connectivity index (χ1n) is 6.64. The van der Waals surface area contributed by atoms with Crippen LogP contribution in [0.4, 0.5) is 0 Å². The van der Waals surface area contributed by atoms with Crippen molar-refractivity contribution in [2.24, 2.45) is 0 Å². The van der Waals surface area contributed by atoms with Crippen LogP contribution in [0.2, 0.25) is 0 Å². The molecule has 0 spiro atoms. The van der Waals surface area contributed by atoms with Gasteiger partial charge in [-0.3, -0.25) is 0 Å². The molecule has 0 aliphatic rings. The van der Waals surface area contributed by atoms with Gasteiger partial charge in [0.05, 0.1) is 0 Å². The van der Waals surface area contributed by atoms with Crippen molar-refractivity contribution in [3.63, 3.8) is 0 Å². The molecule has 0 amide bonds. The molecule has 0 heteroatoms. The van der Waals surface area contributed by atoms with E-state index in [-0.39, 0.29) is 0 Å². The Kier molecular flexibility index (Phi) is 8.13. The van der Waals surface area contributed by atoms with E-state index in [9.17, 15) is 0 Å². The zero-order valence-corrected chi connectivity index (χ0v) is 12.2. The quantitative estimate of drug-likeness (QED) is 0.528. The van der Waals surface area contributed by atoms with Crippen molar-refractivity contribution < 1.29 is 0 Å². The molecule has 2 rings (SSSR count). The highest BCUT2D eigenvalue weighted by atomic mass is 14.0. The van der Waals surface area contributed by atoms with Crippen LogP contribution in [0.3, 0.4) is 0 Å². The third kappa shape index (κ3) is 5.53. The first-order valence-corrected chi connectivity index (χ1v) is 6.64. The minimum Gasteiger partial charge on any atom is -0.0683 e. The number of fused-ring (bicyclic) bond motifs is 1. The second-order valence-corrected chi connectivity index (χ2v) is 4.06. The molecule has 17 heavy (non-hydrogen) atoms. The highest BCUT2D eigenvalue weighted by Crippen LogP contribution is 2.16. The second kappa shape index (κ2) is 8.81. The largest absolute Gasteiger partial charge is 0.0683 e. The average molecular weight is 230 g/mol. The van der Waals surface area contributed by atoms with Crippen molar-refractivity contribution >= 4 is 10.8 Å². The molecule has 2 aromatic rings. The molecule has 0 aromatic heterocycles. The van der Waals surface area contributed by atoms with E-state index in [1.165, 1.54) is 28.3 Å². The molecule has 0 aliphatic carbocycles. The Labute approximate surface area is 107 Å². The molecule has 94 valence electrons. The first-order chi connectivity index (χ1) is 8.17. The summed E-state index contributed by atoms with van der Waals surface area (Å²) in [5.41, 5.74) is 2.65. The molecule has 0 aliphatic heterocycles. The Hall–Kier alpha value is -1.30. The van der Waals surface area contributed by atoms with Gasteiger partial charge in [-0.25, -0.2) is 0 Å². The Morgan fingerprint density at radius 1 is 0.706 bits per heavy atom. The number of rotatable bonds is 0. The topological polar surface area (TPSA) is 0 Å². The highest BCUT2D eigenvalue weighted by Gasteiger charge is 1.92. The van der Waals surface area contributed by atoms with Gasteiger partial charge in [0.2, 0.25) is 0 Å². The maximum atomic E-state index is 2.22. The average Bonchev–Trinajstić information content (AvgIpc) is 2.33. The summed E-state index contributed by atoms with van der Waals surface area (Å²) in [7, 11) is 0. The van der Waals surface area contributed by atoms with Gasteiger partial charge < -0.3 is 0 Å². The van der Waals surface area contributed by atoms with Gasteiger partial charge in [0.15, 0.2) is 0 Å². The molecule has 0 unspecified atom stereocenters. The molecular formula is C17H26. The molecule has 0 saturated carbocycles. The molecule has 0 saturated heterocycles. The molecule has 0 heterocycles. The lowest BCUT2D eigenvalue weighted by Crippen LogP contribution is -1.76. The predicted octanol–water partition coefficient (Wildman–Crippen LogP) is 5.90. The van der Waals surface area contributed by atoms with E-state index in [4.69, 9.17) is 0 Å². The summed E-state index contributed by atoms with van der Waals surface area (Å²) in [5.74, 6) is 0. The van der Waals surface area contributed by atoms with Gasteiger partial charge in [-0.05, 0) is 24.6 Å². The lowest BCUT2D eigenvalue weighted by Gasteiger charge is -1.99. The van der Waals surface area contributed by atoms with Crippen molar-refractivity contribution in [3.8, 4) is 0 Å². The predicted molar refractivity (Wildman–Crippen MR) is 80.7 cm³/mol. The van der Waals surface area contributed by atoms with Crippen molar-refractivity contribution in [2.45, 2.75) is 48.0 Å². The van der Waals surface area contributed by atoms with Gasteiger partial charge in [0.25, 0.3) is 0 Å². The number of hydrogen-bond acceptors (Lipinski definition) is 0. The van der Waals surface area contributed by atoms with Crippen LogP contribution in [0.15, 0.2) is 36.4 Å². The number of hydrogen-bond donors (Lipinski definition) is 0. The Morgan fingerprint density at radius 3 is 1.29 bits per heavy atom. The van der Waals surface area contributed by atoms with Gasteiger partial charge in [-0.1, -0.05) is 81.6 Å². The Balaban J connectivity index is 0.000000450. The molecule has 0 fully saturated rings. The van der Waals surface area contributed by atoms with E-state index in [0.717, 1.165) is 0 Å². The maximum Gasteiger partial charge on any atom is -0.0181 e. The summed E-state index contributed by atoms with van der Waals surface area (Å²) in [6, 6.07) is 13.1.